The van der Waals surface area contributed by atoms with Crippen LogP contribution in [0.25, 0.3) is 0 Å². The van der Waals surface area contributed by atoms with Crippen LogP contribution in [0.1, 0.15) is 82.1 Å². The molecule has 0 bridgehead atoms. The van der Waals surface area contributed by atoms with Gasteiger partial charge in [0.2, 0.25) is 0 Å². The van der Waals surface area contributed by atoms with Gasteiger partial charge in [-0.2, -0.15) is 11.1 Å². The molecular weight excluding hydrogens is 450 g/mol. The van der Waals surface area contributed by atoms with E-state index in [-0.39, 0.29) is 61.8 Å². The fourth-order valence-corrected chi connectivity index (χ4v) is 2.64. The summed E-state index contributed by atoms with van der Waals surface area (Å²) in [5.41, 5.74) is 6.12. The third-order valence-electron chi connectivity index (χ3n) is 6.20. The predicted octanol–water partition coefficient (Wildman–Crippen LogP) is 1.50. The van der Waals surface area contributed by atoms with Crippen molar-refractivity contribution in [2.45, 2.75) is 82.1 Å². The maximum atomic E-state index is 3.45. The van der Waals surface area contributed by atoms with Crippen LogP contribution < -0.4 is 24.8 Å². The molecule has 0 radical (unpaired) electrons. The van der Waals surface area contributed by atoms with Gasteiger partial charge in [0.05, 0.1) is 0 Å². The van der Waals surface area contributed by atoms with Crippen LogP contribution in [0.5, 0.6) is 0 Å². The molecule has 0 aromatic rings. The number of allylic oxidation sites excluding steroid dienone is 8. The second kappa shape index (κ2) is 12.9. The SMILES string of the molecule is CC1=[C-]C(C(C)(C)C(C)C)=CC1.CC1=[C-]C(C(C)(C)C(C)C)=CC1.[Cl-].[Cl-].[Zr+4]. The van der Waals surface area contributed by atoms with E-state index in [1.54, 1.807) is 0 Å². The standard InChI is InChI=1S/2C12H19.2ClH.Zr/c2*1-9(2)12(4,5)11-7-6-10(3)8-11;;;/h2*7,9H,6H2,1-5H3;2*1H;/q2*-1;;;+4/p-2. The first-order chi connectivity index (χ1) is 10.9. The van der Waals surface area contributed by atoms with Gasteiger partial charge in [-0.1, -0.05) is 82.1 Å². The van der Waals surface area contributed by atoms with Gasteiger partial charge in [0, 0.05) is 0 Å². The molecule has 0 nitrogen and oxygen atoms in total. The van der Waals surface area contributed by atoms with Crippen molar-refractivity contribution in [2.24, 2.45) is 22.7 Å². The molecule has 0 aromatic heterocycles. The fraction of sp³-hybridized carbons (Fsp3) is 0.667. The molecule has 3 heteroatoms. The van der Waals surface area contributed by atoms with Gasteiger partial charge < -0.3 is 24.8 Å². The predicted molar refractivity (Wildman–Crippen MR) is 107 cm³/mol. The smallest absolute Gasteiger partial charge is 1.00 e. The quantitative estimate of drug-likeness (QED) is 0.527. The first-order valence-electron chi connectivity index (χ1n) is 9.49. The minimum absolute atomic E-state index is 0. The van der Waals surface area contributed by atoms with E-state index in [1.807, 2.05) is 0 Å². The third-order valence-corrected chi connectivity index (χ3v) is 6.20. The van der Waals surface area contributed by atoms with E-state index >= 15 is 0 Å². The van der Waals surface area contributed by atoms with Crippen LogP contribution in [0.4, 0.5) is 0 Å². The summed E-state index contributed by atoms with van der Waals surface area (Å²) < 4.78 is 0. The Morgan fingerprint density at radius 1 is 0.704 bits per heavy atom. The van der Waals surface area contributed by atoms with Crippen molar-refractivity contribution in [2.75, 3.05) is 0 Å². The van der Waals surface area contributed by atoms with Crippen molar-refractivity contribution in [3.8, 4) is 0 Å². The Labute approximate surface area is 201 Å². The Balaban J connectivity index is -0.000000384. The summed E-state index contributed by atoms with van der Waals surface area (Å²) in [7, 11) is 0. The van der Waals surface area contributed by atoms with Crippen LogP contribution in [0.3, 0.4) is 0 Å². The number of rotatable bonds is 4. The van der Waals surface area contributed by atoms with Gasteiger partial charge in [-0.05, 0) is 22.7 Å². The van der Waals surface area contributed by atoms with Crippen LogP contribution in [-0.2, 0) is 26.2 Å². The summed E-state index contributed by atoms with van der Waals surface area (Å²) in [5.74, 6) is 1.37. The van der Waals surface area contributed by atoms with E-state index in [4.69, 9.17) is 0 Å². The summed E-state index contributed by atoms with van der Waals surface area (Å²) in [6.45, 7) is 22.6. The maximum absolute atomic E-state index is 3.45. The second-order valence-corrected chi connectivity index (χ2v) is 9.21. The first-order valence-corrected chi connectivity index (χ1v) is 9.49. The molecular formula is C24H38Cl2Zr. The largest absolute Gasteiger partial charge is 4.00 e. The minimum atomic E-state index is 0. The van der Waals surface area contributed by atoms with E-state index in [1.165, 1.54) is 22.3 Å². The molecule has 0 saturated carbocycles. The average Bonchev–Trinajstić information content (AvgIpc) is 3.08. The maximum Gasteiger partial charge on any atom is 4.00 e. The molecule has 0 atom stereocenters. The van der Waals surface area contributed by atoms with Gasteiger partial charge in [0.1, 0.15) is 0 Å². The van der Waals surface area contributed by atoms with Gasteiger partial charge in [-0.25, -0.2) is 35.5 Å². The van der Waals surface area contributed by atoms with Crippen molar-refractivity contribution in [3.63, 3.8) is 0 Å². The van der Waals surface area contributed by atoms with E-state index in [0.717, 1.165) is 12.8 Å². The van der Waals surface area contributed by atoms with Crippen LogP contribution in [-0.4, -0.2) is 0 Å². The van der Waals surface area contributed by atoms with E-state index < -0.39 is 0 Å². The molecule has 27 heavy (non-hydrogen) atoms. The van der Waals surface area contributed by atoms with Gasteiger partial charge >= 0.3 is 26.2 Å². The third kappa shape index (κ3) is 8.76. The van der Waals surface area contributed by atoms with Crippen molar-refractivity contribution in [1.29, 1.82) is 0 Å². The summed E-state index contributed by atoms with van der Waals surface area (Å²) in [6, 6.07) is 0. The molecule has 2 aliphatic rings. The van der Waals surface area contributed by atoms with Crippen molar-refractivity contribution >= 4 is 0 Å². The molecule has 0 N–H and O–H groups in total. The Morgan fingerprint density at radius 3 is 1.11 bits per heavy atom. The summed E-state index contributed by atoms with van der Waals surface area (Å²) >= 11 is 0. The minimum Gasteiger partial charge on any atom is -1.00 e. The molecule has 0 fully saturated rings. The van der Waals surface area contributed by atoms with E-state index in [9.17, 15) is 0 Å². The summed E-state index contributed by atoms with van der Waals surface area (Å²) in [5, 5.41) is 0. The van der Waals surface area contributed by atoms with Crippen LogP contribution in [0.2, 0.25) is 0 Å². The zero-order valence-electron chi connectivity index (χ0n) is 19.0. The molecule has 0 spiro atoms. The Bertz CT molecular complexity index is 521. The molecule has 0 aliphatic heterocycles. The van der Waals surface area contributed by atoms with Crippen molar-refractivity contribution in [3.05, 3.63) is 46.6 Å². The summed E-state index contributed by atoms with van der Waals surface area (Å²) in [4.78, 5) is 0. The van der Waals surface area contributed by atoms with Gasteiger partial charge in [0.15, 0.2) is 0 Å². The normalized spacial score (nSPS) is 16.1. The first kappa shape index (κ1) is 32.1. The van der Waals surface area contributed by atoms with Gasteiger partial charge in [0.25, 0.3) is 0 Å². The van der Waals surface area contributed by atoms with Crippen LogP contribution in [0, 0.1) is 34.8 Å². The number of hydrogen-bond acceptors (Lipinski definition) is 0. The Hall–Kier alpha value is 0.423. The van der Waals surface area contributed by atoms with Crippen molar-refractivity contribution < 1.29 is 51.0 Å². The van der Waals surface area contributed by atoms with E-state index in [0.29, 0.717) is 11.8 Å². The molecule has 152 valence electrons. The summed E-state index contributed by atoms with van der Waals surface area (Å²) in [6.07, 6.45) is 13.7. The molecule has 0 unspecified atom stereocenters. The molecule has 0 amide bonds. The van der Waals surface area contributed by atoms with Gasteiger partial charge in [-0.3, -0.25) is 0 Å². The molecule has 0 aromatic carbocycles. The fourth-order valence-electron chi connectivity index (χ4n) is 2.64. The average molecular weight is 489 g/mol. The zero-order chi connectivity index (χ0) is 18.7. The molecule has 2 rings (SSSR count). The topological polar surface area (TPSA) is 0 Å². The molecule has 0 heterocycles. The monoisotopic (exact) mass is 486 g/mol. The molecule has 2 aliphatic carbocycles. The number of hydrogen-bond donors (Lipinski definition) is 0. The van der Waals surface area contributed by atoms with E-state index in [2.05, 4.69) is 93.5 Å². The Morgan fingerprint density at radius 2 is 0.963 bits per heavy atom. The Kier molecular flexibility index (Phi) is 15.3. The zero-order valence-corrected chi connectivity index (χ0v) is 22.9. The van der Waals surface area contributed by atoms with Crippen LogP contribution in [0.15, 0.2) is 34.4 Å². The molecule has 0 saturated heterocycles. The van der Waals surface area contributed by atoms with Gasteiger partial charge in [-0.15, -0.1) is 0 Å². The van der Waals surface area contributed by atoms with Crippen LogP contribution >= 0.6 is 0 Å². The second-order valence-electron chi connectivity index (χ2n) is 9.21. The number of halogens is 2. The van der Waals surface area contributed by atoms with Crippen molar-refractivity contribution in [1.82, 2.24) is 0 Å².